The number of hydrogen-bond donors (Lipinski definition) is 6. The van der Waals surface area contributed by atoms with Gasteiger partial charge in [-0.05, 0) is 32.2 Å². The molecule has 0 bridgehead atoms. The number of unbranched alkanes of at least 4 members (excludes halogenated alkanes) is 2. The van der Waals surface area contributed by atoms with Gasteiger partial charge in [-0.25, -0.2) is 9.59 Å². The number of hydrogen-bond acceptors (Lipinski definition) is 7. The first-order chi connectivity index (χ1) is 17.2. The van der Waals surface area contributed by atoms with Crippen molar-refractivity contribution in [2.24, 2.45) is 0 Å². The van der Waals surface area contributed by atoms with Gasteiger partial charge in [0, 0.05) is 63.2 Å². The van der Waals surface area contributed by atoms with E-state index in [1.807, 2.05) is 11.8 Å². The Bertz CT molecular complexity index is 693. The predicted octanol–water partition coefficient (Wildman–Crippen LogP) is 0.737. The number of carbonyl (C=O) groups excluding carboxylic acids is 2. The van der Waals surface area contributed by atoms with E-state index in [1.165, 1.54) is 0 Å². The zero-order valence-electron chi connectivity index (χ0n) is 20.5. The molecule has 3 amide bonds. The molecule has 0 aliphatic carbocycles. The van der Waals surface area contributed by atoms with Gasteiger partial charge < -0.3 is 36.6 Å². The number of halogens is 3. The minimum Gasteiger partial charge on any atom is -0.475 e. The first kappa shape index (κ1) is 30.5. The summed E-state index contributed by atoms with van der Waals surface area (Å²) in [5.41, 5.74) is 0. The van der Waals surface area contributed by atoms with Gasteiger partial charge in [-0.15, -0.1) is 0 Å². The number of carboxylic acids is 1. The maximum absolute atomic E-state index is 12.0. The molecule has 0 radical (unpaired) electrons. The monoisotopic (exact) mass is 540 g/mol. The molecule has 10 nitrogen and oxygen atoms in total. The summed E-state index contributed by atoms with van der Waals surface area (Å²) in [4.78, 5) is 34.8. The number of rotatable bonds is 10. The van der Waals surface area contributed by atoms with Crippen LogP contribution in [0.4, 0.5) is 18.0 Å². The quantitative estimate of drug-likeness (QED) is 0.177. The second-order valence-electron chi connectivity index (χ2n) is 9.07. The van der Waals surface area contributed by atoms with Crippen LogP contribution in [0.3, 0.4) is 0 Å². The van der Waals surface area contributed by atoms with Crippen molar-refractivity contribution in [3.63, 3.8) is 0 Å². The van der Waals surface area contributed by atoms with Gasteiger partial charge in [-0.2, -0.15) is 24.9 Å². The fourth-order valence-electron chi connectivity index (χ4n) is 4.29. The molecule has 3 aliphatic rings. The third-order valence-corrected chi connectivity index (χ3v) is 7.74. The van der Waals surface area contributed by atoms with Crippen molar-refractivity contribution in [3.8, 4) is 0 Å². The topological polar surface area (TPSA) is 135 Å². The minimum atomic E-state index is -5.08. The highest BCUT2D eigenvalue weighted by atomic mass is 32.2. The van der Waals surface area contributed by atoms with Crippen LogP contribution in [0.5, 0.6) is 0 Å². The van der Waals surface area contributed by atoms with Crippen LogP contribution in [0.25, 0.3) is 0 Å². The van der Waals surface area contributed by atoms with E-state index in [0.29, 0.717) is 11.7 Å². The molecule has 0 unspecified atom stereocenters. The maximum Gasteiger partial charge on any atom is 0.490 e. The molecule has 36 heavy (non-hydrogen) atoms. The Labute approximate surface area is 214 Å². The Balaban J connectivity index is 0.000000572. The number of urea groups is 1. The molecule has 0 aromatic heterocycles. The van der Waals surface area contributed by atoms with Crippen LogP contribution in [-0.2, 0) is 9.59 Å². The molecule has 0 saturated carbocycles. The summed E-state index contributed by atoms with van der Waals surface area (Å²) >= 11 is 1.94. The van der Waals surface area contributed by atoms with E-state index in [9.17, 15) is 22.8 Å². The number of alkyl halides is 3. The summed E-state index contributed by atoms with van der Waals surface area (Å²) < 4.78 is 31.7. The molecule has 3 fully saturated rings. The van der Waals surface area contributed by atoms with Gasteiger partial charge in [0.1, 0.15) is 0 Å². The summed E-state index contributed by atoms with van der Waals surface area (Å²) in [5.74, 6) is -1.58. The van der Waals surface area contributed by atoms with Gasteiger partial charge in [0.25, 0.3) is 0 Å². The van der Waals surface area contributed by atoms with E-state index in [0.717, 1.165) is 90.2 Å². The van der Waals surface area contributed by atoms with Crippen LogP contribution in [0.1, 0.15) is 38.5 Å². The standard InChI is InChI=1S/C20H38N6O2S.C2HF3O2/c27-18(6-2-1-5-17-19-16(15-29-17)24-20(28)25-19)23-7-3-4-12-26-13-10-21-8-9-22-11-14-26;3-2(4,5)1(6)7/h16-17,19,21-22H,1-15H2,(H,23,27)(H2,24,25,28);(H,6,7)/t16-,17-,19-;/m0./s1. The lowest BCUT2D eigenvalue weighted by atomic mass is 10.0. The van der Waals surface area contributed by atoms with Crippen molar-refractivity contribution < 1.29 is 32.7 Å². The molecule has 208 valence electrons. The van der Waals surface area contributed by atoms with Crippen molar-refractivity contribution in [2.75, 3.05) is 58.1 Å². The van der Waals surface area contributed by atoms with Crippen LogP contribution >= 0.6 is 11.8 Å². The lowest BCUT2D eigenvalue weighted by Gasteiger charge is -2.21. The molecular formula is C22H39F3N6O4S. The molecule has 0 aromatic carbocycles. The SMILES string of the molecule is O=C(CCCC[C@@H]1SC[C@@H]2NC(=O)N[C@@H]21)NCCCCN1CCNCCNCC1.O=C(O)C(F)(F)F. The van der Waals surface area contributed by atoms with Crippen molar-refractivity contribution in [1.29, 1.82) is 0 Å². The zero-order valence-corrected chi connectivity index (χ0v) is 21.3. The van der Waals surface area contributed by atoms with Crippen LogP contribution in [0.15, 0.2) is 0 Å². The van der Waals surface area contributed by atoms with Crippen molar-refractivity contribution in [1.82, 2.24) is 31.5 Å². The predicted molar refractivity (Wildman–Crippen MR) is 132 cm³/mol. The molecule has 3 rings (SSSR count). The molecule has 3 heterocycles. The summed E-state index contributed by atoms with van der Waals surface area (Å²) in [6, 6.07) is 0.530. The van der Waals surface area contributed by atoms with Crippen molar-refractivity contribution in [3.05, 3.63) is 0 Å². The van der Waals surface area contributed by atoms with E-state index in [2.05, 4.69) is 31.5 Å². The second kappa shape index (κ2) is 16.2. The lowest BCUT2D eigenvalue weighted by Crippen LogP contribution is -2.36. The van der Waals surface area contributed by atoms with Gasteiger partial charge in [0.2, 0.25) is 5.91 Å². The fourth-order valence-corrected chi connectivity index (χ4v) is 5.83. The number of nitrogens with one attached hydrogen (secondary N) is 5. The molecule has 3 aliphatic heterocycles. The van der Waals surface area contributed by atoms with E-state index >= 15 is 0 Å². The molecule has 6 N–H and O–H groups in total. The first-order valence-corrected chi connectivity index (χ1v) is 13.6. The van der Waals surface area contributed by atoms with Crippen LogP contribution in [0.2, 0.25) is 0 Å². The number of amides is 3. The average Bonchev–Trinajstić information content (AvgIpc) is 3.39. The summed E-state index contributed by atoms with van der Waals surface area (Å²) in [6.07, 6.45) is 0.732. The largest absolute Gasteiger partial charge is 0.490 e. The van der Waals surface area contributed by atoms with Crippen LogP contribution in [-0.4, -0.2) is 110 Å². The summed E-state index contributed by atoms with van der Waals surface area (Å²) in [6.45, 7) is 8.31. The van der Waals surface area contributed by atoms with E-state index in [1.54, 1.807) is 0 Å². The van der Waals surface area contributed by atoms with Crippen molar-refractivity contribution >= 4 is 29.7 Å². The number of nitrogens with zero attached hydrogens (tertiary/aromatic N) is 1. The van der Waals surface area contributed by atoms with Crippen LogP contribution < -0.4 is 26.6 Å². The second-order valence-corrected chi connectivity index (χ2v) is 10.3. The highest BCUT2D eigenvalue weighted by molar-refractivity contribution is 8.00. The van der Waals surface area contributed by atoms with E-state index in [4.69, 9.17) is 9.90 Å². The Morgan fingerprint density at radius 2 is 1.69 bits per heavy atom. The number of fused-ring (bicyclic) bond motifs is 1. The Morgan fingerprint density at radius 1 is 1.03 bits per heavy atom. The maximum atomic E-state index is 12.0. The third kappa shape index (κ3) is 12.0. The third-order valence-electron chi connectivity index (χ3n) is 6.23. The minimum absolute atomic E-state index is 0.0279. The van der Waals surface area contributed by atoms with Crippen LogP contribution in [0, 0.1) is 0 Å². The lowest BCUT2D eigenvalue weighted by molar-refractivity contribution is -0.192. The van der Waals surface area contributed by atoms with Gasteiger partial charge in [-0.1, -0.05) is 6.42 Å². The Hall–Kier alpha value is -1.77. The summed E-state index contributed by atoms with van der Waals surface area (Å²) in [7, 11) is 0. The number of thioether (sulfide) groups is 1. The normalized spacial score (nSPS) is 24.8. The summed E-state index contributed by atoms with van der Waals surface area (Å²) in [5, 5.41) is 23.6. The average molecular weight is 541 g/mol. The smallest absolute Gasteiger partial charge is 0.475 e. The number of carbonyl (C=O) groups is 3. The van der Waals surface area contributed by atoms with Crippen molar-refractivity contribution in [2.45, 2.75) is 62.0 Å². The van der Waals surface area contributed by atoms with Gasteiger partial charge in [0.15, 0.2) is 0 Å². The number of aliphatic carboxylic acids is 1. The van der Waals surface area contributed by atoms with E-state index in [-0.39, 0.29) is 24.0 Å². The molecule has 0 spiro atoms. The molecule has 3 saturated heterocycles. The van der Waals surface area contributed by atoms with Gasteiger partial charge >= 0.3 is 18.2 Å². The fraction of sp³-hybridized carbons (Fsp3) is 0.864. The Morgan fingerprint density at radius 3 is 2.33 bits per heavy atom. The van der Waals surface area contributed by atoms with Gasteiger partial charge in [0.05, 0.1) is 12.1 Å². The zero-order chi connectivity index (χ0) is 26.4. The highest BCUT2D eigenvalue weighted by Crippen LogP contribution is 2.33. The Kier molecular flexibility index (Phi) is 13.7. The molecular weight excluding hydrogens is 501 g/mol. The molecule has 0 aromatic rings. The first-order valence-electron chi connectivity index (χ1n) is 12.6. The molecule has 14 heteroatoms. The molecule has 3 atom stereocenters. The van der Waals surface area contributed by atoms with E-state index < -0.39 is 12.1 Å². The highest BCUT2D eigenvalue weighted by Gasteiger charge is 2.42. The number of carboxylic acid groups (broad SMARTS) is 1. The van der Waals surface area contributed by atoms with Gasteiger partial charge in [-0.3, -0.25) is 4.79 Å².